The van der Waals surface area contributed by atoms with Crippen LogP contribution in [-0.2, 0) is 49.9 Å². The Morgan fingerprint density at radius 3 is 1.16 bits per heavy atom. The zero-order valence-electron chi connectivity index (χ0n) is 120. The fourth-order valence-corrected chi connectivity index (χ4v) is 20.6. The summed E-state index contributed by atoms with van der Waals surface area (Å²) in [6, 6.07) is 64.5. The fraction of sp³-hybridized carbons (Fsp3) is 0.260. The SMILES string of the molecule is [2H]C([2H])([2H])C([2H])(c1cc[n+](C)c(-c2c(C)ccc3c2oc2c4c(ccc23)C(C([2H])([2H])[2H])(C([2H])([2H])[2H])c2ncccc2-4)c1)C([2H])([2H])[2H].[2H]C([2H])([2H])C([2H])(c1cc[n+](C)c(-c2c(C)ccc3c2oc2cc4c(cc23)-c2ccccc2C4(C([2H])([2H])[2H])C([2H])([2H])[2H])c1)C([2H])([2H])[2H].[2H]C([2H])([2H])C([2H])(c1cc[n+](C)c(-c2c(C)ccc3c2oc2ccc4c(c23)-c2ccccc2C4(C([2H])([2H])[2H])C([2H])([2H])[2H])c1)C([2H])([2H])[2H].[2H]C([2H])([2H])C([2H])(c1cc[n+](C)c(-c2c(C)ccc3c2oc2ccc4c(c23)C(C)(C)c2ccccc2-4)c1)C([2H])([2H])[2H]. The third kappa shape index (κ3) is 13.0. The first kappa shape index (κ1) is 48.0. The molecule has 9 heterocycles. The van der Waals surface area contributed by atoms with Crippen molar-refractivity contribution in [3.8, 4) is 89.5 Å². The van der Waals surface area contributed by atoms with Crippen molar-refractivity contribution in [1.82, 2.24) is 4.98 Å². The summed E-state index contributed by atoms with van der Waals surface area (Å²) in [7, 11) is 6.90. The van der Waals surface area contributed by atoms with Crippen LogP contribution in [0.15, 0.2) is 279 Å². The van der Waals surface area contributed by atoms with Crippen LogP contribution in [0.3, 0.4) is 0 Å². The Bertz CT molecular complexity index is 10100. The summed E-state index contributed by atoms with van der Waals surface area (Å²) in [5.41, 5.74) is 10.2. The Labute approximate surface area is 840 Å². The van der Waals surface area contributed by atoms with E-state index in [0.717, 1.165) is 27.5 Å². The molecule has 4 aliphatic carbocycles. The number of aryl methyl sites for hydroxylation is 8. The highest BCUT2D eigenvalue weighted by Gasteiger charge is 2.44. The summed E-state index contributed by atoms with van der Waals surface area (Å²) in [6.45, 7) is -31.2. The van der Waals surface area contributed by atoms with Crippen LogP contribution in [-0.4, -0.2) is 4.98 Å². The van der Waals surface area contributed by atoms with Crippen molar-refractivity contribution in [2.45, 2.75) is 183 Å². The second kappa shape index (κ2) is 31.0. The highest BCUT2D eigenvalue weighted by atomic mass is 16.3. The number of nitrogens with zero attached hydrogens (tertiary/aromatic N) is 5. The molecule has 0 radical (unpaired) electrons. The number of benzene rings is 11. The molecule has 24 rings (SSSR count). The van der Waals surface area contributed by atoms with E-state index in [1.165, 1.54) is 114 Å². The normalized spacial score (nSPS) is 21.1. The van der Waals surface area contributed by atoms with Gasteiger partial charge in [0.15, 0.2) is 24.8 Å². The van der Waals surface area contributed by atoms with Crippen molar-refractivity contribution in [1.29, 1.82) is 0 Å². The lowest BCUT2D eigenvalue weighted by Crippen LogP contribution is -2.31. The van der Waals surface area contributed by atoms with E-state index < -0.39 is 136 Å². The Kier molecular flexibility index (Phi) is 11.3. The van der Waals surface area contributed by atoms with E-state index in [0.29, 0.717) is 150 Å². The molecule has 0 spiro atoms. The zero-order chi connectivity index (χ0) is 131. The molecule has 9 nitrogen and oxygen atoms in total. The molecule has 132 heavy (non-hydrogen) atoms. The predicted molar refractivity (Wildman–Crippen MR) is 545 cm³/mol. The molecule has 0 amide bonds. The number of hydrogen-bond acceptors (Lipinski definition) is 5. The molecular weight excluding hydrogens is 1610 g/mol. The van der Waals surface area contributed by atoms with Gasteiger partial charge in [-0.3, -0.25) is 4.98 Å². The molecule has 0 atom stereocenters. The van der Waals surface area contributed by atoms with Gasteiger partial charge in [-0.1, -0.05) is 261 Å². The molecule has 0 unspecified atom stereocenters. The van der Waals surface area contributed by atoms with Crippen LogP contribution in [0.5, 0.6) is 0 Å². The van der Waals surface area contributed by atoms with E-state index in [4.69, 9.17) is 80.7 Å². The summed E-state index contributed by atoms with van der Waals surface area (Å²) in [5.74, 6) is -11.6. The standard InChI is InChI=1S/3C31H30NO.C30H29N2O/c1-18(2)20-13-14-32(6)27(15-20)29-19(3)11-12-22-24-16-23-21-9-7-8-10-25(21)31(4,5)26(23)17-28(24)33-30(22)29;1-18(2)20-15-16-32(6)25(17-20)27-19(3)11-12-23-28-26(33-30(23)27)14-13-22-21-9-7-8-10-24(21)31(4,5)29(22)28;1-18(2)20-15-16-32(6)25(17-20)27-19(3)11-12-22-29-26(33-30(22)27)14-13-24-28(29)21-9-7-8-10-23(21)31(24,4)5;1-17(2)19-13-15-32(6)24(16-19)25-18(3)9-10-20-21-11-12-23-26(28(21)33-27(20)25)22-8-7-14-31-29(22)30(23,4)5/h3*7-18H,1-6H3;7-17H,1-6H3/q4*+1/i1D3,2D3,4D3,5D3,18D;1D3,2D3,18D;1D3,2D3,4D3,5D3,18D;1D3,2D3,4D3,5D3,17D. The predicted octanol–water partition coefficient (Wildman–Crippen LogP) is 30.7. The molecule has 0 bridgehead atoms. The highest BCUT2D eigenvalue weighted by molar-refractivity contribution is 6.19. The van der Waals surface area contributed by atoms with Gasteiger partial charge in [0, 0.05) is 194 Å². The van der Waals surface area contributed by atoms with Crippen LogP contribution >= 0.6 is 0 Å². The van der Waals surface area contributed by atoms with Crippen molar-refractivity contribution in [2.75, 3.05) is 0 Å². The topological polar surface area (TPSA) is 81.0 Å². The van der Waals surface area contributed by atoms with E-state index in [-0.39, 0.29) is 72.3 Å². The van der Waals surface area contributed by atoms with Crippen LogP contribution in [0.1, 0.15) is 286 Å². The Morgan fingerprint density at radius 1 is 0.288 bits per heavy atom. The first-order chi connectivity index (χ1) is 81.8. The number of rotatable bonds is 8. The molecule has 9 heteroatoms. The second-order valence-electron chi connectivity index (χ2n) is 35.5. The molecule has 0 N–H and O–H groups in total. The van der Waals surface area contributed by atoms with Crippen molar-refractivity contribution < 1.29 is 99.0 Å². The number of aromatic nitrogens is 5. The zero-order valence-corrected chi connectivity index (χ0v) is 73.7. The third-order valence-corrected chi connectivity index (χ3v) is 27.2. The lowest BCUT2D eigenvalue weighted by molar-refractivity contribution is -0.660. The average molecular weight is 1780 g/mol. The van der Waals surface area contributed by atoms with E-state index in [1.807, 2.05) is 67.9 Å². The van der Waals surface area contributed by atoms with Crippen LogP contribution in [0.4, 0.5) is 0 Å². The summed E-state index contributed by atoms with van der Waals surface area (Å²) in [5, 5.41) is 5.48. The van der Waals surface area contributed by atoms with Crippen molar-refractivity contribution in [2.24, 2.45) is 28.2 Å². The number of fused-ring (bicyclic) bond motifs is 27. The molecule has 656 valence electrons. The molecule has 20 aromatic rings. The van der Waals surface area contributed by atoms with Gasteiger partial charge in [0.05, 0.1) is 27.9 Å². The summed E-state index contributed by atoms with van der Waals surface area (Å²) >= 11 is 0. The molecule has 11 aromatic carbocycles. The first-order valence-corrected chi connectivity index (χ1v) is 43.1. The smallest absolute Gasteiger partial charge is 0.216 e. The minimum Gasteiger partial charge on any atom is -0.455 e. The van der Waals surface area contributed by atoms with Crippen LogP contribution in [0.25, 0.3) is 177 Å². The average Bonchev–Trinajstić information content (AvgIpc) is 1.51. The van der Waals surface area contributed by atoms with Gasteiger partial charge in [0.1, 0.15) is 72.9 Å². The summed E-state index contributed by atoms with van der Waals surface area (Å²) in [6.07, 6.45) is 7.48. The van der Waals surface area contributed by atoms with E-state index >= 15 is 0 Å². The van der Waals surface area contributed by atoms with E-state index in [1.54, 1.807) is 140 Å². The Morgan fingerprint density at radius 2 is 0.659 bits per heavy atom. The minimum atomic E-state index is -3.18. The fourth-order valence-electron chi connectivity index (χ4n) is 20.6. The largest absolute Gasteiger partial charge is 0.455 e. The molecule has 0 saturated carbocycles. The molecule has 0 fully saturated rings. The quantitative estimate of drug-likeness (QED) is 0.142. The van der Waals surface area contributed by atoms with Crippen molar-refractivity contribution in [3.63, 3.8) is 0 Å². The first-order valence-electron chi connectivity index (χ1n) is 66.1. The van der Waals surface area contributed by atoms with Crippen LogP contribution in [0, 0.1) is 27.7 Å². The van der Waals surface area contributed by atoms with Crippen LogP contribution in [0.2, 0.25) is 0 Å². The summed E-state index contributed by atoms with van der Waals surface area (Å²) in [4.78, 5) is 4.31. The van der Waals surface area contributed by atoms with Gasteiger partial charge in [-0.25, -0.2) is 18.3 Å². The van der Waals surface area contributed by atoms with Gasteiger partial charge >= 0.3 is 0 Å². The maximum absolute atomic E-state index is 8.74. The van der Waals surface area contributed by atoms with E-state index in [9.17, 15) is 0 Å². The lowest BCUT2D eigenvalue weighted by atomic mass is 9.80. The molecule has 0 aliphatic heterocycles. The maximum atomic E-state index is 8.74. The monoisotopic (exact) mass is 1780 g/mol. The maximum Gasteiger partial charge on any atom is 0.216 e. The van der Waals surface area contributed by atoms with Crippen molar-refractivity contribution >= 4 is 87.8 Å². The third-order valence-electron chi connectivity index (χ3n) is 27.2. The highest BCUT2D eigenvalue weighted by Crippen LogP contribution is 2.59. The minimum absolute atomic E-state index is 0.0490. The van der Waals surface area contributed by atoms with Gasteiger partial charge < -0.3 is 17.7 Å². The van der Waals surface area contributed by atoms with Gasteiger partial charge in [-0.05, 0) is 198 Å². The van der Waals surface area contributed by atoms with E-state index in [2.05, 4.69) is 55.2 Å². The molecular formula is C123H119N5O4+4. The van der Waals surface area contributed by atoms with Crippen LogP contribution < -0.4 is 18.3 Å². The number of hydrogen-bond donors (Lipinski definition) is 0. The second-order valence-corrected chi connectivity index (χ2v) is 35.5. The molecule has 4 aliphatic rings. The number of pyridine rings is 5. The summed E-state index contributed by atoms with van der Waals surface area (Å²) < 4.78 is 412. The lowest BCUT2D eigenvalue weighted by Gasteiger charge is -2.22. The van der Waals surface area contributed by atoms with Gasteiger partial charge in [-0.15, -0.1) is 0 Å². The Hall–Kier alpha value is -13.6. The van der Waals surface area contributed by atoms with Gasteiger partial charge in [0.25, 0.3) is 0 Å². The molecule has 9 aromatic heterocycles. The number of furan rings is 4. The van der Waals surface area contributed by atoms with Gasteiger partial charge in [-0.2, -0.15) is 0 Å². The Balaban J connectivity index is 0.000000134. The van der Waals surface area contributed by atoms with Crippen molar-refractivity contribution in [3.05, 3.63) is 351 Å². The molecule has 0 saturated heterocycles. The van der Waals surface area contributed by atoms with Gasteiger partial charge in [0.2, 0.25) is 22.8 Å².